The van der Waals surface area contributed by atoms with Crippen molar-refractivity contribution in [2.75, 3.05) is 36.8 Å². The minimum absolute atomic E-state index is 0.0423. The number of pyridine rings is 2. The van der Waals surface area contributed by atoms with Gasteiger partial charge in [-0.05, 0) is 37.6 Å². The Hall–Kier alpha value is -2.71. The summed E-state index contributed by atoms with van der Waals surface area (Å²) >= 11 is 6.34. The predicted molar refractivity (Wildman–Crippen MR) is 114 cm³/mol. The number of amides is 2. The molecule has 0 bridgehead atoms. The number of nitrogens with zero attached hydrogens (tertiary/aromatic N) is 2. The Morgan fingerprint density at radius 3 is 2.90 bits per heavy atom. The lowest BCUT2D eigenvalue weighted by atomic mass is 9.99. The average Bonchev–Trinajstić information content (AvgIpc) is 2.73. The maximum atomic E-state index is 12.5. The largest absolute Gasteiger partial charge is 0.368 e. The zero-order valence-corrected chi connectivity index (χ0v) is 17.1. The number of hydrogen-bond acceptors (Lipinski definition) is 6. The topological polar surface area (TPSA) is 108 Å². The first kappa shape index (κ1) is 21.0. The van der Waals surface area contributed by atoms with Gasteiger partial charge in [-0.3, -0.25) is 9.59 Å². The van der Waals surface area contributed by atoms with Crippen molar-refractivity contribution in [3.05, 3.63) is 35.5 Å². The van der Waals surface area contributed by atoms with E-state index in [-0.39, 0.29) is 17.7 Å². The number of rotatable bonds is 7. The lowest BCUT2D eigenvalue weighted by Gasteiger charge is -2.21. The number of hydrogen-bond donors (Lipinski definition) is 4. The quantitative estimate of drug-likeness (QED) is 0.516. The molecule has 0 aliphatic carbocycles. The molecule has 29 heavy (non-hydrogen) atoms. The third kappa shape index (κ3) is 6.13. The second-order valence-corrected chi connectivity index (χ2v) is 7.31. The molecule has 2 amide bonds. The highest BCUT2D eigenvalue weighted by atomic mass is 35.5. The molecule has 154 valence electrons. The Kier molecular flexibility index (Phi) is 7.37. The Morgan fingerprint density at radius 2 is 2.14 bits per heavy atom. The van der Waals surface area contributed by atoms with Crippen molar-refractivity contribution in [1.29, 1.82) is 0 Å². The summed E-state index contributed by atoms with van der Waals surface area (Å²) in [7, 11) is 0. The number of piperidine rings is 1. The first-order chi connectivity index (χ1) is 14.0. The molecular formula is C20H25ClN6O2. The highest BCUT2D eigenvalue weighted by molar-refractivity contribution is 6.33. The van der Waals surface area contributed by atoms with E-state index in [0.29, 0.717) is 47.6 Å². The molecule has 0 saturated carbocycles. The summed E-state index contributed by atoms with van der Waals surface area (Å²) in [6, 6.07) is 7.29. The lowest BCUT2D eigenvalue weighted by Crippen LogP contribution is -2.37. The second kappa shape index (κ2) is 10.2. The van der Waals surface area contributed by atoms with E-state index < -0.39 is 0 Å². The van der Waals surface area contributed by atoms with Crippen molar-refractivity contribution in [3.8, 4) is 11.3 Å². The van der Waals surface area contributed by atoms with Gasteiger partial charge < -0.3 is 21.3 Å². The maximum Gasteiger partial charge on any atom is 0.229 e. The molecule has 3 rings (SSSR count). The van der Waals surface area contributed by atoms with Gasteiger partial charge in [0.1, 0.15) is 11.6 Å². The van der Waals surface area contributed by atoms with E-state index in [2.05, 4.69) is 31.2 Å². The summed E-state index contributed by atoms with van der Waals surface area (Å²) in [6.45, 7) is 4.17. The normalized spacial score (nSPS) is 16.1. The minimum Gasteiger partial charge on any atom is -0.368 e. The number of carbonyl (C=O) groups is 2. The van der Waals surface area contributed by atoms with Crippen LogP contribution in [0.4, 0.5) is 11.6 Å². The number of anilines is 2. The van der Waals surface area contributed by atoms with Gasteiger partial charge in [-0.15, -0.1) is 0 Å². The lowest BCUT2D eigenvalue weighted by molar-refractivity contribution is -0.120. The van der Waals surface area contributed by atoms with Crippen LogP contribution >= 0.6 is 11.6 Å². The van der Waals surface area contributed by atoms with Gasteiger partial charge in [0.25, 0.3) is 0 Å². The van der Waals surface area contributed by atoms with Crippen LogP contribution < -0.4 is 21.3 Å². The van der Waals surface area contributed by atoms with E-state index in [1.54, 1.807) is 6.07 Å². The maximum absolute atomic E-state index is 12.5. The van der Waals surface area contributed by atoms with Crippen LogP contribution in [0.2, 0.25) is 5.02 Å². The predicted octanol–water partition coefficient (Wildman–Crippen LogP) is 2.28. The molecule has 1 unspecified atom stereocenters. The van der Waals surface area contributed by atoms with E-state index in [9.17, 15) is 9.59 Å². The molecule has 8 nitrogen and oxygen atoms in total. The molecular weight excluding hydrogens is 392 g/mol. The van der Waals surface area contributed by atoms with Crippen LogP contribution in [0.3, 0.4) is 0 Å². The van der Waals surface area contributed by atoms with Crippen molar-refractivity contribution in [2.45, 2.75) is 19.8 Å². The highest BCUT2D eigenvalue weighted by Crippen LogP contribution is 2.29. The van der Waals surface area contributed by atoms with Crippen LogP contribution in [0.15, 0.2) is 30.5 Å². The van der Waals surface area contributed by atoms with Gasteiger partial charge >= 0.3 is 0 Å². The summed E-state index contributed by atoms with van der Waals surface area (Å²) in [5, 5.41) is 12.5. The van der Waals surface area contributed by atoms with Crippen LogP contribution in [0.5, 0.6) is 0 Å². The van der Waals surface area contributed by atoms with Crippen molar-refractivity contribution in [1.82, 2.24) is 20.6 Å². The third-order valence-corrected chi connectivity index (χ3v) is 4.91. The first-order valence-corrected chi connectivity index (χ1v) is 10.0. The van der Waals surface area contributed by atoms with Crippen molar-refractivity contribution >= 4 is 35.1 Å². The molecule has 3 heterocycles. The van der Waals surface area contributed by atoms with Gasteiger partial charge in [0.05, 0.1) is 16.6 Å². The standard InChI is InChI=1S/C20H25ClN6O2/c1-13(28)23-8-9-24-18-6-2-5-17(26-18)15-10-19(25-12-16(15)21)27-20(29)14-4-3-7-22-11-14/h2,5-6,10,12,14,22H,3-4,7-9,11H2,1H3,(H,23,28)(H,24,26)(H,25,27,29). The molecule has 0 spiro atoms. The van der Waals surface area contributed by atoms with Crippen molar-refractivity contribution in [2.24, 2.45) is 5.92 Å². The van der Waals surface area contributed by atoms with Crippen LogP contribution in [0.1, 0.15) is 19.8 Å². The Morgan fingerprint density at radius 1 is 1.28 bits per heavy atom. The smallest absolute Gasteiger partial charge is 0.229 e. The van der Waals surface area contributed by atoms with Gasteiger partial charge in [0, 0.05) is 38.3 Å². The number of carbonyl (C=O) groups excluding carboxylic acids is 2. The highest BCUT2D eigenvalue weighted by Gasteiger charge is 2.21. The van der Waals surface area contributed by atoms with E-state index >= 15 is 0 Å². The Balaban J connectivity index is 1.69. The van der Waals surface area contributed by atoms with Crippen LogP contribution in [0.25, 0.3) is 11.3 Å². The molecule has 1 saturated heterocycles. The molecule has 0 radical (unpaired) electrons. The van der Waals surface area contributed by atoms with Gasteiger partial charge in [0.15, 0.2) is 0 Å². The van der Waals surface area contributed by atoms with Crippen molar-refractivity contribution in [3.63, 3.8) is 0 Å². The van der Waals surface area contributed by atoms with E-state index in [0.717, 1.165) is 19.4 Å². The molecule has 1 aliphatic heterocycles. The summed E-state index contributed by atoms with van der Waals surface area (Å²) in [4.78, 5) is 32.2. The monoisotopic (exact) mass is 416 g/mol. The van der Waals surface area contributed by atoms with E-state index in [4.69, 9.17) is 11.6 Å². The van der Waals surface area contributed by atoms with Crippen LogP contribution in [-0.2, 0) is 9.59 Å². The van der Waals surface area contributed by atoms with Gasteiger partial charge in [-0.25, -0.2) is 9.97 Å². The number of halogens is 1. The fourth-order valence-corrected chi connectivity index (χ4v) is 3.32. The SMILES string of the molecule is CC(=O)NCCNc1cccc(-c2cc(NC(=O)C3CCCNC3)ncc2Cl)n1. The zero-order chi connectivity index (χ0) is 20.6. The number of nitrogens with one attached hydrogen (secondary N) is 4. The summed E-state index contributed by atoms with van der Waals surface area (Å²) in [6.07, 6.45) is 3.38. The molecule has 1 atom stereocenters. The third-order valence-electron chi connectivity index (χ3n) is 4.60. The van der Waals surface area contributed by atoms with E-state index in [1.807, 2.05) is 18.2 Å². The van der Waals surface area contributed by atoms with Crippen LogP contribution in [0, 0.1) is 5.92 Å². The molecule has 9 heteroatoms. The fraction of sp³-hybridized carbons (Fsp3) is 0.400. The van der Waals surface area contributed by atoms with Gasteiger partial charge in [0.2, 0.25) is 11.8 Å². The Labute approximate surface area is 174 Å². The molecule has 2 aromatic rings. The first-order valence-electron chi connectivity index (χ1n) is 9.66. The fourth-order valence-electron chi connectivity index (χ4n) is 3.12. The molecule has 0 aromatic carbocycles. The summed E-state index contributed by atoms with van der Waals surface area (Å²) in [5.74, 6) is 0.944. The molecule has 1 fully saturated rings. The summed E-state index contributed by atoms with van der Waals surface area (Å²) in [5.41, 5.74) is 1.35. The van der Waals surface area contributed by atoms with Crippen molar-refractivity contribution < 1.29 is 9.59 Å². The second-order valence-electron chi connectivity index (χ2n) is 6.90. The minimum atomic E-state index is -0.0735. The zero-order valence-electron chi connectivity index (χ0n) is 16.3. The van der Waals surface area contributed by atoms with Gasteiger partial charge in [-0.2, -0.15) is 0 Å². The van der Waals surface area contributed by atoms with Crippen LogP contribution in [-0.4, -0.2) is 48.0 Å². The molecule has 4 N–H and O–H groups in total. The van der Waals surface area contributed by atoms with E-state index in [1.165, 1.54) is 13.1 Å². The molecule has 2 aromatic heterocycles. The Bertz CT molecular complexity index is 870. The average molecular weight is 417 g/mol. The molecule has 1 aliphatic rings. The number of aromatic nitrogens is 2. The van der Waals surface area contributed by atoms with Gasteiger partial charge in [-0.1, -0.05) is 17.7 Å². The summed E-state index contributed by atoms with van der Waals surface area (Å²) < 4.78 is 0.